The summed E-state index contributed by atoms with van der Waals surface area (Å²) in [6.45, 7) is 3.24. The van der Waals surface area contributed by atoms with Gasteiger partial charge in [0.1, 0.15) is 0 Å². The second-order valence-electron chi connectivity index (χ2n) is 6.97. The highest BCUT2D eigenvalue weighted by molar-refractivity contribution is 7.07. The second kappa shape index (κ2) is 9.16. The van der Waals surface area contributed by atoms with Gasteiger partial charge in [0.2, 0.25) is 5.91 Å². The van der Waals surface area contributed by atoms with Crippen LogP contribution in [0.3, 0.4) is 0 Å². The maximum absolute atomic E-state index is 12.5. The normalized spacial score (nSPS) is 18.2. The zero-order valence-corrected chi connectivity index (χ0v) is 15.9. The van der Waals surface area contributed by atoms with E-state index in [1.54, 1.807) is 11.3 Å². The van der Waals surface area contributed by atoms with E-state index in [4.69, 9.17) is 0 Å². The van der Waals surface area contributed by atoms with Gasteiger partial charge in [0.05, 0.1) is 0 Å². The van der Waals surface area contributed by atoms with Crippen molar-refractivity contribution in [2.75, 3.05) is 26.7 Å². The summed E-state index contributed by atoms with van der Waals surface area (Å²) in [6.07, 6.45) is 4.87. The molecule has 1 aliphatic heterocycles. The lowest BCUT2D eigenvalue weighted by molar-refractivity contribution is -0.133. The van der Waals surface area contributed by atoms with E-state index in [0.29, 0.717) is 12.5 Å². The molecule has 1 atom stereocenters. The Morgan fingerprint density at radius 3 is 2.80 bits per heavy atom. The van der Waals surface area contributed by atoms with Crippen molar-refractivity contribution in [3.8, 4) is 0 Å². The van der Waals surface area contributed by atoms with Gasteiger partial charge < -0.3 is 9.80 Å². The summed E-state index contributed by atoms with van der Waals surface area (Å²) in [4.78, 5) is 17.1. The van der Waals surface area contributed by atoms with Gasteiger partial charge in [-0.1, -0.05) is 30.3 Å². The Morgan fingerprint density at radius 1 is 1.20 bits per heavy atom. The first kappa shape index (κ1) is 18.2. The fourth-order valence-electron chi connectivity index (χ4n) is 3.55. The molecule has 0 bridgehead atoms. The Labute approximate surface area is 155 Å². The van der Waals surface area contributed by atoms with Crippen LogP contribution in [0.2, 0.25) is 0 Å². The summed E-state index contributed by atoms with van der Waals surface area (Å²) < 4.78 is 0. The molecule has 1 fully saturated rings. The standard InChI is InChI=1S/C21H28N2OS/c1-22(21(24)10-9-19-12-15-25-17-19)20-8-5-13-23(16-20)14-11-18-6-3-2-4-7-18/h2-4,6-7,12,15,17,20H,5,8-11,13-14,16H2,1H3/t20-/m1/s1. The lowest BCUT2D eigenvalue weighted by Gasteiger charge is -2.37. The van der Waals surface area contributed by atoms with Crippen LogP contribution >= 0.6 is 11.3 Å². The third-order valence-electron chi connectivity index (χ3n) is 5.19. The number of piperidine rings is 1. The van der Waals surface area contributed by atoms with Gasteiger partial charge >= 0.3 is 0 Å². The molecular weight excluding hydrogens is 328 g/mol. The molecule has 1 aliphatic rings. The number of hydrogen-bond acceptors (Lipinski definition) is 3. The summed E-state index contributed by atoms with van der Waals surface area (Å²) in [5.41, 5.74) is 2.67. The Bertz CT molecular complexity index is 641. The molecule has 3 nitrogen and oxygen atoms in total. The van der Waals surface area contributed by atoms with Crippen molar-refractivity contribution < 1.29 is 4.79 Å². The number of likely N-dealkylation sites (tertiary alicyclic amines) is 1. The molecule has 0 radical (unpaired) electrons. The molecular formula is C21H28N2OS. The van der Waals surface area contributed by atoms with Crippen LogP contribution in [-0.4, -0.2) is 48.4 Å². The van der Waals surface area contributed by atoms with Crippen LogP contribution in [-0.2, 0) is 17.6 Å². The highest BCUT2D eigenvalue weighted by Crippen LogP contribution is 2.17. The molecule has 1 amide bonds. The van der Waals surface area contributed by atoms with Crippen molar-refractivity contribution in [2.24, 2.45) is 0 Å². The van der Waals surface area contributed by atoms with E-state index in [9.17, 15) is 4.79 Å². The van der Waals surface area contributed by atoms with Crippen LogP contribution in [0.1, 0.15) is 30.4 Å². The Balaban J connectivity index is 1.45. The first-order valence-corrected chi connectivity index (χ1v) is 10.2. The van der Waals surface area contributed by atoms with Gasteiger partial charge in [-0.05, 0) is 60.2 Å². The Morgan fingerprint density at radius 2 is 2.04 bits per heavy atom. The Hall–Kier alpha value is -1.65. The molecule has 1 aromatic heterocycles. The number of rotatable bonds is 7. The summed E-state index contributed by atoms with van der Waals surface area (Å²) >= 11 is 1.70. The minimum atomic E-state index is 0.279. The monoisotopic (exact) mass is 356 g/mol. The third kappa shape index (κ3) is 5.41. The maximum atomic E-state index is 12.5. The Kier molecular flexibility index (Phi) is 6.65. The van der Waals surface area contributed by atoms with Crippen molar-refractivity contribution in [2.45, 2.75) is 38.1 Å². The molecule has 3 rings (SSSR count). The van der Waals surface area contributed by atoms with Crippen LogP contribution < -0.4 is 0 Å². The van der Waals surface area contributed by atoms with E-state index < -0.39 is 0 Å². The molecule has 25 heavy (non-hydrogen) atoms. The molecule has 0 aliphatic carbocycles. The van der Waals surface area contributed by atoms with Crippen molar-refractivity contribution in [3.63, 3.8) is 0 Å². The molecule has 2 aromatic rings. The molecule has 4 heteroatoms. The fourth-order valence-corrected chi connectivity index (χ4v) is 4.25. The van der Waals surface area contributed by atoms with Crippen LogP contribution in [0.25, 0.3) is 0 Å². The predicted molar refractivity (Wildman–Crippen MR) is 105 cm³/mol. The van der Waals surface area contributed by atoms with E-state index in [1.165, 1.54) is 17.5 Å². The number of benzene rings is 1. The first-order chi connectivity index (χ1) is 12.2. The molecule has 0 N–H and O–H groups in total. The SMILES string of the molecule is CN(C(=O)CCc1ccsc1)[C@@H]1CCCN(CCc2ccccc2)C1. The zero-order valence-electron chi connectivity index (χ0n) is 15.1. The van der Waals surface area contributed by atoms with Gasteiger partial charge in [0.15, 0.2) is 0 Å². The van der Waals surface area contributed by atoms with Crippen LogP contribution in [0.5, 0.6) is 0 Å². The lowest BCUT2D eigenvalue weighted by Crippen LogP contribution is -2.49. The average molecular weight is 357 g/mol. The van der Waals surface area contributed by atoms with Crippen molar-refractivity contribution in [1.29, 1.82) is 0 Å². The number of amides is 1. The second-order valence-corrected chi connectivity index (χ2v) is 7.75. The minimum Gasteiger partial charge on any atom is -0.341 e. The quantitative estimate of drug-likeness (QED) is 0.752. The number of aryl methyl sites for hydroxylation is 1. The number of carbonyl (C=O) groups is 1. The first-order valence-electron chi connectivity index (χ1n) is 9.25. The summed E-state index contributed by atoms with van der Waals surface area (Å²) in [5.74, 6) is 0.279. The van der Waals surface area contributed by atoms with Crippen LogP contribution in [0, 0.1) is 0 Å². The molecule has 0 unspecified atom stereocenters. The van der Waals surface area contributed by atoms with Gasteiger partial charge in [-0.15, -0.1) is 0 Å². The third-order valence-corrected chi connectivity index (χ3v) is 5.92. The zero-order chi connectivity index (χ0) is 17.5. The van der Waals surface area contributed by atoms with Crippen molar-refractivity contribution in [3.05, 3.63) is 58.3 Å². The fraction of sp³-hybridized carbons (Fsp3) is 0.476. The number of carbonyl (C=O) groups excluding carboxylic acids is 1. The van der Waals surface area contributed by atoms with Gasteiger partial charge in [-0.2, -0.15) is 11.3 Å². The number of hydrogen-bond donors (Lipinski definition) is 0. The van der Waals surface area contributed by atoms with Crippen molar-refractivity contribution >= 4 is 17.2 Å². The highest BCUT2D eigenvalue weighted by atomic mass is 32.1. The number of nitrogens with zero attached hydrogens (tertiary/aromatic N) is 2. The molecule has 0 spiro atoms. The van der Waals surface area contributed by atoms with Gasteiger partial charge in [-0.25, -0.2) is 0 Å². The highest BCUT2D eigenvalue weighted by Gasteiger charge is 2.25. The lowest BCUT2D eigenvalue weighted by atomic mass is 10.0. The van der Waals surface area contributed by atoms with Crippen LogP contribution in [0.4, 0.5) is 0 Å². The van der Waals surface area contributed by atoms with E-state index >= 15 is 0 Å². The maximum Gasteiger partial charge on any atom is 0.222 e. The predicted octanol–water partition coefficient (Wildman–Crippen LogP) is 3.85. The van der Waals surface area contributed by atoms with E-state index in [2.05, 4.69) is 52.1 Å². The summed E-state index contributed by atoms with van der Waals surface area (Å²) in [6, 6.07) is 13.1. The number of likely N-dealkylation sites (N-methyl/N-ethyl adjacent to an activating group) is 1. The molecule has 0 saturated carbocycles. The summed E-state index contributed by atoms with van der Waals surface area (Å²) in [7, 11) is 1.99. The van der Waals surface area contributed by atoms with Gasteiger partial charge in [-0.3, -0.25) is 4.79 Å². The average Bonchev–Trinajstić information content (AvgIpc) is 3.18. The molecule has 2 heterocycles. The topological polar surface area (TPSA) is 23.6 Å². The largest absolute Gasteiger partial charge is 0.341 e. The summed E-state index contributed by atoms with van der Waals surface area (Å²) in [5, 5.41) is 4.22. The number of thiophene rings is 1. The van der Waals surface area contributed by atoms with Crippen molar-refractivity contribution in [1.82, 2.24) is 9.80 Å². The van der Waals surface area contributed by atoms with Gasteiger partial charge in [0.25, 0.3) is 0 Å². The van der Waals surface area contributed by atoms with E-state index in [0.717, 1.165) is 38.9 Å². The molecule has 134 valence electrons. The van der Waals surface area contributed by atoms with Crippen LogP contribution in [0.15, 0.2) is 47.2 Å². The van der Waals surface area contributed by atoms with Gasteiger partial charge in [0, 0.05) is 32.6 Å². The minimum absolute atomic E-state index is 0.279. The van der Waals surface area contributed by atoms with E-state index in [1.807, 2.05) is 11.9 Å². The van der Waals surface area contributed by atoms with E-state index in [-0.39, 0.29) is 5.91 Å². The molecule has 1 aromatic carbocycles. The molecule has 1 saturated heterocycles. The smallest absolute Gasteiger partial charge is 0.222 e.